The first kappa shape index (κ1) is 15.7. The average Bonchev–Trinajstić information content (AvgIpc) is 2.76. The number of amides is 1. The second-order valence-electron chi connectivity index (χ2n) is 4.87. The van der Waals surface area contributed by atoms with E-state index in [1.165, 1.54) is 0 Å². The first-order valence-corrected chi connectivity index (χ1v) is 7.50. The summed E-state index contributed by atoms with van der Waals surface area (Å²) in [6, 6.07) is 0. The molecule has 1 heterocycles. The van der Waals surface area contributed by atoms with Crippen molar-refractivity contribution in [3.8, 4) is 0 Å². The third kappa shape index (κ3) is 3.80. The predicted octanol–water partition coefficient (Wildman–Crippen LogP) is 2.76. The smallest absolute Gasteiger partial charge is 0.267 e. The number of rotatable bonds is 5. The first-order valence-electron chi connectivity index (χ1n) is 5.66. The summed E-state index contributed by atoms with van der Waals surface area (Å²) < 4.78 is 3.89. The fourth-order valence-corrected chi connectivity index (χ4v) is 2.74. The topological polar surface area (TPSA) is 46.1 Å². The van der Waals surface area contributed by atoms with Gasteiger partial charge in [0.05, 0.1) is 5.69 Å². The van der Waals surface area contributed by atoms with Crippen molar-refractivity contribution in [2.75, 3.05) is 24.8 Å². The third-order valence-corrected chi connectivity index (χ3v) is 3.44. The fourth-order valence-electron chi connectivity index (χ4n) is 1.48. The summed E-state index contributed by atoms with van der Waals surface area (Å²) in [5.74, 6) is 0.690. The molecule has 0 unspecified atom stereocenters. The first-order chi connectivity index (χ1) is 8.41. The van der Waals surface area contributed by atoms with E-state index < -0.39 is 0 Å². The molecule has 1 rings (SSSR count). The summed E-state index contributed by atoms with van der Waals surface area (Å²) >= 11 is 12.5. The molecule has 0 aliphatic heterocycles. The maximum absolute atomic E-state index is 12.4. The molecule has 0 N–H and O–H groups in total. The van der Waals surface area contributed by atoms with Crippen LogP contribution in [-0.2, 0) is 5.41 Å². The van der Waals surface area contributed by atoms with Gasteiger partial charge in [0.25, 0.3) is 5.91 Å². The van der Waals surface area contributed by atoms with Crippen LogP contribution in [0.3, 0.4) is 0 Å². The minimum atomic E-state index is -0.203. The van der Waals surface area contributed by atoms with Crippen LogP contribution in [0.15, 0.2) is 0 Å². The Labute approximate surface area is 121 Å². The molecule has 0 saturated carbocycles. The van der Waals surface area contributed by atoms with Gasteiger partial charge in [-0.3, -0.25) is 4.79 Å². The number of hydrogen-bond donors (Lipinski definition) is 0. The minimum Gasteiger partial charge on any atom is -0.335 e. The summed E-state index contributed by atoms with van der Waals surface area (Å²) in [6.07, 6.45) is 0. The molecular weight excluding hydrogens is 293 g/mol. The number of halogens is 2. The Morgan fingerprint density at radius 1 is 1.28 bits per heavy atom. The molecular formula is C11H17Cl2N3OS. The largest absolute Gasteiger partial charge is 0.335 e. The van der Waals surface area contributed by atoms with Crippen molar-refractivity contribution in [2.24, 2.45) is 0 Å². The van der Waals surface area contributed by atoms with Gasteiger partial charge < -0.3 is 4.90 Å². The van der Waals surface area contributed by atoms with E-state index in [1.54, 1.807) is 4.90 Å². The van der Waals surface area contributed by atoms with Crippen molar-refractivity contribution < 1.29 is 4.79 Å². The number of hydrogen-bond acceptors (Lipinski definition) is 4. The highest BCUT2D eigenvalue weighted by Gasteiger charge is 2.28. The Hall–Kier alpha value is -0.390. The van der Waals surface area contributed by atoms with Gasteiger partial charge in [0.1, 0.15) is 4.88 Å². The van der Waals surface area contributed by atoms with Gasteiger partial charge in [0.15, 0.2) is 0 Å². The lowest BCUT2D eigenvalue weighted by atomic mass is 9.91. The molecule has 0 bridgehead atoms. The maximum atomic E-state index is 12.4. The van der Waals surface area contributed by atoms with Gasteiger partial charge in [-0.15, -0.1) is 28.3 Å². The molecule has 0 aliphatic carbocycles. The molecule has 0 aromatic carbocycles. The molecule has 1 aromatic heterocycles. The SMILES string of the molecule is CC(C)(C)c1nnsc1C(=O)N(CCCl)CCCl. The van der Waals surface area contributed by atoms with Crippen molar-refractivity contribution >= 4 is 40.6 Å². The number of nitrogens with zero attached hydrogens (tertiary/aromatic N) is 3. The normalized spacial score (nSPS) is 11.6. The zero-order valence-corrected chi connectivity index (χ0v) is 13.1. The molecule has 0 spiro atoms. The van der Waals surface area contributed by atoms with Crippen molar-refractivity contribution in [3.63, 3.8) is 0 Å². The molecule has 1 aromatic rings. The second-order valence-corrected chi connectivity index (χ2v) is 6.38. The summed E-state index contributed by atoms with van der Waals surface area (Å²) in [7, 11) is 0. The number of alkyl halides is 2. The van der Waals surface area contributed by atoms with Crippen LogP contribution < -0.4 is 0 Å². The predicted molar refractivity (Wildman–Crippen MR) is 76.0 cm³/mol. The maximum Gasteiger partial charge on any atom is 0.267 e. The van der Waals surface area contributed by atoms with E-state index >= 15 is 0 Å². The molecule has 7 heteroatoms. The summed E-state index contributed by atoms with van der Waals surface area (Å²) in [5.41, 5.74) is 0.526. The Morgan fingerprint density at radius 3 is 2.28 bits per heavy atom. The van der Waals surface area contributed by atoms with Crippen molar-refractivity contribution in [1.29, 1.82) is 0 Å². The van der Waals surface area contributed by atoms with Gasteiger partial charge in [0, 0.05) is 30.3 Å². The van der Waals surface area contributed by atoms with Crippen LogP contribution in [0.25, 0.3) is 0 Å². The third-order valence-electron chi connectivity index (χ3n) is 2.39. The van der Waals surface area contributed by atoms with Crippen LogP contribution in [0.5, 0.6) is 0 Å². The van der Waals surface area contributed by atoms with E-state index in [0.717, 1.165) is 17.2 Å². The number of carbonyl (C=O) groups excluding carboxylic acids is 1. The highest BCUT2D eigenvalue weighted by atomic mass is 35.5. The Bertz CT molecular complexity index is 397. The van der Waals surface area contributed by atoms with E-state index in [1.807, 2.05) is 20.8 Å². The fraction of sp³-hybridized carbons (Fsp3) is 0.727. The Morgan fingerprint density at radius 2 is 1.83 bits per heavy atom. The van der Waals surface area contributed by atoms with Gasteiger partial charge >= 0.3 is 0 Å². The van der Waals surface area contributed by atoms with Crippen molar-refractivity contribution in [2.45, 2.75) is 26.2 Å². The van der Waals surface area contributed by atoms with E-state index in [4.69, 9.17) is 23.2 Å². The summed E-state index contributed by atoms with van der Waals surface area (Å²) in [4.78, 5) is 14.6. The Kier molecular flexibility index (Phi) is 5.82. The number of aromatic nitrogens is 2. The van der Waals surface area contributed by atoms with Crippen molar-refractivity contribution in [1.82, 2.24) is 14.5 Å². The van der Waals surface area contributed by atoms with Crippen LogP contribution in [-0.4, -0.2) is 45.2 Å². The molecule has 1 amide bonds. The highest BCUT2D eigenvalue weighted by molar-refractivity contribution is 7.08. The van der Waals surface area contributed by atoms with Crippen molar-refractivity contribution in [3.05, 3.63) is 10.6 Å². The van der Waals surface area contributed by atoms with E-state index in [2.05, 4.69) is 9.59 Å². The van der Waals surface area contributed by atoms with Crippen LogP contribution in [0, 0.1) is 0 Å². The molecule has 0 radical (unpaired) electrons. The second kappa shape index (κ2) is 6.68. The quantitative estimate of drug-likeness (QED) is 0.786. The average molecular weight is 310 g/mol. The molecule has 0 saturated heterocycles. The molecule has 102 valence electrons. The van der Waals surface area contributed by atoms with E-state index in [0.29, 0.717) is 29.7 Å². The lowest BCUT2D eigenvalue weighted by Crippen LogP contribution is -2.35. The van der Waals surface area contributed by atoms with Crippen LogP contribution in [0.2, 0.25) is 0 Å². The zero-order chi connectivity index (χ0) is 13.8. The lowest BCUT2D eigenvalue weighted by molar-refractivity contribution is 0.0777. The molecule has 18 heavy (non-hydrogen) atoms. The van der Waals surface area contributed by atoms with Crippen LogP contribution in [0.1, 0.15) is 36.1 Å². The van der Waals surface area contributed by atoms with Gasteiger partial charge in [-0.1, -0.05) is 25.3 Å². The molecule has 4 nitrogen and oxygen atoms in total. The molecule has 0 aliphatic rings. The minimum absolute atomic E-state index is 0.0868. The number of carbonyl (C=O) groups is 1. The molecule has 0 fully saturated rings. The van der Waals surface area contributed by atoms with E-state index in [9.17, 15) is 4.79 Å². The summed E-state index contributed by atoms with van der Waals surface area (Å²) in [5, 5.41) is 4.07. The lowest BCUT2D eigenvalue weighted by Gasteiger charge is -2.22. The van der Waals surface area contributed by atoms with Crippen LogP contribution in [0.4, 0.5) is 0 Å². The Balaban J connectivity index is 2.98. The molecule has 0 atom stereocenters. The zero-order valence-electron chi connectivity index (χ0n) is 10.7. The van der Waals surface area contributed by atoms with Crippen LogP contribution >= 0.6 is 34.7 Å². The summed E-state index contributed by atoms with van der Waals surface area (Å²) in [6.45, 7) is 6.99. The van der Waals surface area contributed by atoms with Gasteiger partial charge in [-0.2, -0.15) is 0 Å². The van der Waals surface area contributed by atoms with Gasteiger partial charge in [-0.05, 0) is 11.5 Å². The van der Waals surface area contributed by atoms with Gasteiger partial charge in [-0.25, -0.2) is 0 Å². The monoisotopic (exact) mass is 309 g/mol. The highest BCUT2D eigenvalue weighted by Crippen LogP contribution is 2.26. The van der Waals surface area contributed by atoms with E-state index in [-0.39, 0.29) is 11.3 Å². The standard InChI is InChI=1S/C11H17Cl2N3OS/c1-11(2,3)9-8(18-15-14-9)10(17)16(6-4-12)7-5-13/h4-7H2,1-3H3. The van der Waals surface area contributed by atoms with Gasteiger partial charge in [0.2, 0.25) is 0 Å².